The van der Waals surface area contributed by atoms with Gasteiger partial charge in [0.15, 0.2) is 0 Å². The molecule has 2 heterocycles. The number of halogens is 1. The van der Waals surface area contributed by atoms with Gasteiger partial charge < -0.3 is 15.2 Å². The average Bonchev–Trinajstić information content (AvgIpc) is 3.28. The van der Waals surface area contributed by atoms with Crippen LogP contribution in [-0.2, 0) is 11.2 Å². The van der Waals surface area contributed by atoms with Crippen molar-refractivity contribution in [1.82, 2.24) is 9.88 Å². The fourth-order valence-corrected chi connectivity index (χ4v) is 5.57. The first-order valence-corrected chi connectivity index (χ1v) is 13.8. The highest BCUT2D eigenvalue weighted by atomic mass is 35.5. The first kappa shape index (κ1) is 25.6. The van der Waals surface area contributed by atoms with Gasteiger partial charge in [0.25, 0.3) is 0 Å². The Morgan fingerprint density at radius 2 is 1.78 bits per heavy atom. The van der Waals surface area contributed by atoms with Crippen molar-refractivity contribution < 1.29 is 4.79 Å². The van der Waals surface area contributed by atoms with E-state index in [0.717, 1.165) is 56.0 Å². The molecule has 1 saturated heterocycles. The van der Waals surface area contributed by atoms with Crippen molar-refractivity contribution in [3.05, 3.63) is 88.9 Å². The summed E-state index contributed by atoms with van der Waals surface area (Å²) >= 11 is 6.14. The van der Waals surface area contributed by atoms with Crippen molar-refractivity contribution in [1.29, 1.82) is 0 Å². The summed E-state index contributed by atoms with van der Waals surface area (Å²) in [5, 5.41) is 5.12. The third-order valence-corrected chi connectivity index (χ3v) is 7.84. The molecule has 1 amide bonds. The van der Waals surface area contributed by atoms with Crippen LogP contribution in [0.25, 0.3) is 22.2 Å². The van der Waals surface area contributed by atoms with E-state index >= 15 is 0 Å². The Morgan fingerprint density at radius 3 is 2.54 bits per heavy atom. The van der Waals surface area contributed by atoms with Crippen LogP contribution >= 0.6 is 11.6 Å². The lowest BCUT2D eigenvalue weighted by molar-refractivity contribution is -0.118. The highest BCUT2D eigenvalue weighted by molar-refractivity contribution is 6.30. The molecule has 5 heteroatoms. The molecule has 0 bridgehead atoms. The summed E-state index contributed by atoms with van der Waals surface area (Å²) in [6.07, 6.45) is 4.48. The van der Waals surface area contributed by atoms with Crippen LogP contribution in [-0.4, -0.2) is 35.4 Å². The summed E-state index contributed by atoms with van der Waals surface area (Å²) in [6.45, 7) is 7.19. The Morgan fingerprint density at radius 1 is 1.03 bits per heavy atom. The number of nitrogens with zero attached hydrogens (tertiary/aromatic N) is 1. The SMILES string of the molecule is CC(C)C(=O)Nc1cccc(C2CCN(CCCc3c(-c4ccc(Cl)cc4)[nH]c4ccccc34)CC2)c1. The summed E-state index contributed by atoms with van der Waals surface area (Å²) < 4.78 is 0. The molecular weight excluding hydrogens is 478 g/mol. The molecule has 0 aliphatic carbocycles. The topological polar surface area (TPSA) is 48.1 Å². The molecule has 2 N–H and O–H groups in total. The predicted octanol–water partition coefficient (Wildman–Crippen LogP) is 7.90. The molecule has 1 aliphatic heterocycles. The zero-order valence-corrected chi connectivity index (χ0v) is 22.5. The number of piperidine rings is 1. The van der Waals surface area contributed by atoms with E-state index < -0.39 is 0 Å². The number of anilines is 1. The number of hydrogen-bond donors (Lipinski definition) is 2. The predicted molar refractivity (Wildman–Crippen MR) is 155 cm³/mol. The summed E-state index contributed by atoms with van der Waals surface area (Å²) in [5.41, 5.74) is 7.23. The summed E-state index contributed by atoms with van der Waals surface area (Å²) in [7, 11) is 0. The molecular formula is C32H36ClN3O. The number of amides is 1. The van der Waals surface area contributed by atoms with Gasteiger partial charge in [-0.3, -0.25) is 4.79 Å². The lowest BCUT2D eigenvalue weighted by Gasteiger charge is -2.32. The first-order chi connectivity index (χ1) is 18.0. The van der Waals surface area contributed by atoms with Gasteiger partial charge in [0.05, 0.1) is 0 Å². The molecule has 0 atom stereocenters. The van der Waals surface area contributed by atoms with Gasteiger partial charge in [-0.05, 0) is 98.3 Å². The number of benzene rings is 3. The van der Waals surface area contributed by atoms with Gasteiger partial charge in [0.1, 0.15) is 0 Å². The molecule has 0 saturated carbocycles. The van der Waals surface area contributed by atoms with Gasteiger partial charge in [-0.15, -0.1) is 0 Å². The van der Waals surface area contributed by atoms with E-state index in [1.54, 1.807) is 0 Å². The number of aromatic amines is 1. The van der Waals surface area contributed by atoms with E-state index in [9.17, 15) is 4.79 Å². The second kappa shape index (κ2) is 11.5. The molecule has 4 aromatic rings. The number of hydrogen-bond acceptors (Lipinski definition) is 2. The Hall–Kier alpha value is -3.08. The number of carbonyl (C=O) groups excluding carboxylic acids is 1. The van der Waals surface area contributed by atoms with Crippen molar-refractivity contribution in [3.8, 4) is 11.3 Å². The molecule has 37 heavy (non-hydrogen) atoms. The third kappa shape index (κ3) is 6.08. The van der Waals surface area contributed by atoms with Gasteiger partial charge in [-0.2, -0.15) is 0 Å². The molecule has 1 fully saturated rings. The fourth-order valence-electron chi connectivity index (χ4n) is 5.45. The number of rotatable bonds is 8. The standard InChI is InChI=1S/C32H36ClN3O/c1-22(2)32(37)34-27-8-5-7-25(21-27)23-16-19-36(20-17-23)18-6-10-29-28-9-3-4-11-30(28)35-31(29)24-12-14-26(33)15-13-24/h3-5,7-9,11-15,21-23,35H,6,10,16-20H2,1-2H3,(H,34,37). The van der Waals surface area contributed by atoms with Gasteiger partial charge in [-0.25, -0.2) is 0 Å². The minimum atomic E-state index is -0.0154. The quantitative estimate of drug-likeness (QED) is 0.251. The van der Waals surface area contributed by atoms with Crippen LogP contribution in [0.5, 0.6) is 0 Å². The highest BCUT2D eigenvalue weighted by Crippen LogP contribution is 2.33. The molecule has 0 radical (unpaired) electrons. The van der Waals surface area contributed by atoms with E-state index in [2.05, 4.69) is 69.8 Å². The van der Waals surface area contributed by atoms with E-state index in [1.165, 1.54) is 33.3 Å². The van der Waals surface area contributed by atoms with E-state index in [4.69, 9.17) is 11.6 Å². The van der Waals surface area contributed by atoms with Crippen molar-refractivity contribution in [2.45, 2.75) is 45.4 Å². The van der Waals surface area contributed by atoms with Crippen LogP contribution in [0.3, 0.4) is 0 Å². The molecule has 3 aromatic carbocycles. The second-order valence-electron chi connectivity index (χ2n) is 10.5. The fraction of sp³-hybridized carbons (Fsp3) is 0.344. The van der Waals surface area contributed by atoms with E-state index in [-0.39, 0.29) is 11.8 Å². The molecule has 1 aromatic heterocycles. The molecule has 1 aliphatic rings. The zero-order valence-electron chi connectivity index (χ0n) is 21.8. The Bertz CT molecular complexity index is 1350. The number of para-hydroxylation sites is 1. The normalized spacial score (nSPS) is 14.9. The molecule has 192 valence electrons. The highest BCUT2D eigenvalue weighted by Gasteiger charge is 2.21. The van der Waals surface area contributed by atoms with Crippen LogP contribution in [0.4, 0.5) is 5.69 Å². The number of nitrogens with one attached hydrogen (secondary N) is 2. The van der Waals surface area contributed by atoms with Gasteiger partial charge in [0, 0.05) is 33.2 Å². The maximum absolute atomic E-state index is 12.1. The number of fused-ring (bicyclic) bond motifs is 1. The Labute approximate surface area is 225 Å². The van der Waals surface area contributed by atoms with Crippen LogP contribution in [0.2, 0.25) is 5.02 Å². The van der Waals surface area contributed by atoms with Crippen LogP contribution < -0.4 is 5.32 Å². The number of likely N-dealkylation sites (tertiary alicyclic amines) is 1. The average molecular weight is 514 g/mol. The molecule has 4 nitrogen and oxygen atoms in total. The largest absolute Gasteiger partial charge is 0.354 e. The monoisotopic (exact) mass is 513 g/mol. The maximum Gasteiger partial charge on any atom is 0.226 e. The van der Waals surface area contributed by atoms with E-state index in [0.29, 0.717) is 5.92 Å². The van der Waals surface area contributed by atoms with Crippen LogP contribution in [0.15, 0.2) is 72.8 Å². The number of aryl methyl sites for hydroxylation is 1. The van der Waals surface area contributed by atoms with Crippen molar-refractivity contribution in [2.24, 2.45) is 5.92 Å². The van der Waals surface area contributed by atoms with Crippen molar-refractivity contribution >= 4 is 34.1 Å². The van der Waals surface area contributed by atoms with Crippen LogP contribution in [0.1, 0.15) is 50.2 Å². The van der Waals surface area contributed by atoms with Gasteiger partial charge in [-0.1, -0.05) is 67.9 Å². The lowest BCUT2D eigenvalue weighted by atomic mass is 9.89. The van der Waals surface area contributed by atoms with Crippen molar-refractivity contribution in [2.75, 3.05) is 25.0 Å². The Kier molecular flexibility index (Phi) is 7.97. The van der Waals surface area contributed by atoms with Gasteiger partial charge >= 0.3 is 0 Å². The van der Waals surface area contributed by atoms with E-state index in [1.807, 2.05) is 32.0 Å². The maximum atomic E-state index is 12.1. The minimum absolute atomic E-state index is 0.0154. The second-order valence-corrected chi connectivity index (χ2v) is 11.0. The minimum Gasteiger partial charge on any atom is -0.354 e. The lowest BCUT2D eigenvalue weighted by Crippen LogP contribution is -2.33. The first-order valence-electron chi connectivity index (χ1n) is 13.5. The summed E-state index contributed by atoms with van der Waals surface area (Å²) in [5.74, 6) is 0.608. The zero-order chi connectivity index (χ0) is 25.8. The van der Waals surface area contributed by atoms with Crippen LogP contribution in [0, 0.1) is 5.92 Å². The number of carbonyl (C=O) groups is 1. The molecule has 5 rings (SSSR count). The number of aromatic nitrogens is 1. The summed E-state index contributed by atoms with van der Waals surface area (Å²) in [6, 6.07) is 25.2. The van der Waals surface area contributed by atoms with Crippen molar-refractivity contribution in [3.63, 3.8) is 0 Å². The smallest absolute Gasteiger partial charge is 0.226 e. The Balaban J connectivity index is 1.19. The molecule has 0 spiro atoms. The summed E-state index contributed by atoms with van der Waals surface area (Å²) in [4.78, 5) is 18.4. The van der Waals surface area contributed by atoms with Gasteiger partial charge in [0.2, 0.25) is 5.91 Å². The molecule has 0 unspecified atom stereocenters. The third-order valence-electron chi connectivity index (χ3n) is 7.59. The number of H-pyrrole nitrogens is 1.